The van der Waals surface area contributed by atoms with E-state index in [2.05, 4.69) is 14.8 Å². The van der Waals surface area contributed by atoms with E-state index in [-0.39, 0.29) is 40.6 Å². The predicted octanol–water partition coefficient (Wildman–Crippen LogP) is 2.16. The van der Waals surface area contributed by atoms with Gasteiger partial charge in [0.1, 0.15) is 5.82 Å². The van der Waals surface area contributed by atoms with E-state index in [1.54, 1.807) is 6.07 Å². The molecule has 0 spiro atoms. The van der Waals surface area contributed by atoms with E-state index in [0.717, 1.165) is 16.0 Å². The summed E-state index contributed by atoms with van der Waals surface area (Å²) in [7, 11) is -3.31. The zero-order chi connectivity index (χ0) is 21.5. The number of carbonyl (C=O) groups is 1. The molecule has 0 atom stereocenters. The van der Waals surface area contributed by atoms with Crippen molar-refractivity contribution in [3.05, 3.63) is 46.7 Å². The lowest BCUT2D eigenvalue weighted by atomic mass is 10.1. The van der Waals surface area contributed by atoms with Gasteiger partial charge in [0.2, 0.25) is 21.0 Å². The fourth-order valence-corrected chi connectivity index (χ4v) is 4.98. The Balaban J connectivity index is 1.49. The average Bonchev–Trinajstić information content (AvgIpc) is 3.32. The Bertz CT molecular complexity index is 1220. The minimum absolute atomic E-state index is 0.112. The molecule has 3 aromatic rings. The molecule has 12 heteroatoms. The summed E-state index contributed by atoms with van der Waals surface area (Å²) in [5, 5.41) is 24.4. The van der Waals surface area contributed by atoms with Crippen molar-refractivity contribution >= 4 is 27.3 Å². The second-order valence-corrected chi connectivity index (χ2v) is 9.70. The quantitative estimate of drug-likeness (QED) is 0.477. The van der Waals surface area contributed by atoms with Gasteiger partial charge in [-0.25, -0.2) is 27.3 Å². The van der Waals surface area contributed by atoms with Gasteiger partial charge in [0.15, 0.2) is 5.69 Å². The number of aromatic hydroxyl groups is 1. The number of sulfonamides is 1. The van der Waals surface area contributed by atoms with Gasteiger partial charge < -0.3 is 10.2 Å². The average molecular weight is 452 g/mol. The van der Waals surface area contributed by atoms with Gasteiger partial charge in [-0.15, -0.1) is 11.3 Å². The third kappa shape index (κ3) is 4.20. The molecule has 0 bridgehead atoms. The van der Waals surface area contributed by atoms with Crippen molar-refractivity contribution in [2.75, 3.05) is 6.54 Å². The second-order valence-electron chi connectivity index (χ2n) is 6.81. The maximum atomic E-state index is 14.5. The fraction of sp³-hybridized carbons (Fsp3) is 0.278. The van der Waals surface area contributed by atoms with Gasteiger partial charge in [-0.3, -0.25) is 0 Å². The number of thiazole rings is 1. The van der Waals surface area contributed by atoms with Crippen LogP contribution in [-0.4, -0.2) is 51.2 Å². The lowest BCUT2D eigenvalue weighted by Gasteiger charge is -2.07. The van der Waals surface area contributed by atoms with Gasteiger partial charge in [-0.05, 0) is 30.9 Å². The van der Waals surface area contributed by atoms with E-state index in [4.69, 9.17) is 5.11 Å². The Morgan fingerprint density at radius 3 is 2.73 bits per heavy atom. The van der Waals surface area contributed by atoms with Crippen molar-refractivity contribution in [1.29, 1.82) is 0 Å². The molecule has 2 heterocycles. The molecule has 0 saturated heterocycles. The third-order valence-corrected chi connectivity index (χ3v) is 7.36. The van der Waals surface area contributed by atoms with Crippen LogP contribution in [-0.2, 0) is 16.4 Å². The second kappa shape index (κ2) is 7.78. The van der Waals surface area contributed by atoms with Crippen molar-refractivity contribution < 1.29 is 27.8 Å². The molecule has 1 aromatic carbocycles. The first-order chi connectivity index (χ1) is 14.2. The minimum atomic E-state index is -3.31. The van der Waals surface area contributed by atoms with Crippen LogP contribution in [0.4, 0.5) is 4.39 Å². The van der Waals surface area contributed by atoms with E-state index >= 15 is 0 Å². The summed E-state index contributed by atoms with van der Waals surface area (Å²) in [4.78, 5) is 14.8. The number of aromatic carboxylic acids is 1. The highest BCUT2D eigenvalue weighted by atomic mass is 32.2. The Hall–Kier alpha value is -2.83. The topological polar surface area (TPSA) is 134 Å². The summed E-state index contributed by atoms with van der Waals surface area (Å²) in [6, 6.07) is 5.73. The number of hydrogen-bond acceptors (Lipinski definition) is 7. The molecular weight excluding hydrogens is 435 g/mol. The molecule has 0 unspecified atom stereocenters. The molecule has 9 nitrogen and oxygen atoms in total. The van der Waals surface area contributed by atoms with Gasteiger partial charge >= 0.3 is 5.97 Å². The van der Waals surface area contributed by atoms with Gasteiger partial charge in [-0.2, -0.15) is 9.78 Å². The molecule has 30 heavy (non-hydrogen) atoms. The smallest absolute Gasteiger partial charge is 0.355 e. The Kier molecular flexibility index (Phi) is 5.30. The molecule has 0 amide bonds. The van der Waals surface area contributed by atoms with Crippen LogP contribution in [0.3, 0.4) is 0 Å². The highest BCUT2D eigenvalue weighted by Crippen LogP contribution is 2.29. The summed E-state index contributed by atoms with van der Waals surface area (Å²) < 4.78 is 41.7. The molecular formula is C18H17FN4O5S2. The Labute approximate surface area is 174 Å². The van der Waals surface area contributed by atoms with Gasteiger partial charge in [0.25, 0.3) is 0 Å². The summed E-state index contributed by atoms with van der Waals surface area (Å²) in [5.41, 5.74) is 0.865. The zero-order valence-corrected chi connectivity index (χ0v) is 17.1. The lowest BCUT2D eigenvalue weighted by Crippen LogP contribution is -2.29. The largest absolute Gasteiger partial charge is 0.493 e. The highest BCUT2D eigenvalue weighted by molar-refractivity contribution is 7.90. The van der Waals surface area contributed by atoms with Crippen LogP contribution in [0.1, 0.15) is 28.9 Å². The fourth-order valence-electron chi connectivity index (χ4n) is 2.85. The van der Waals surface area contributed by atoms with Crippen LogP contribution < -0.4 is 4.72 Å². The molecule has 2 aromatic heterocycles. The van der Waals surface area contributed by atoms with Crippen LogP contribution in [0.5, 0.6) is 5.88 Å². The highest BCUT2D eigenvalue weighted by Gasteiger charge is 2.35. The Morgan fingerprint density at radius 2 is 2.10 bits per heavy atom. The van der Waals surface area contributed by atoms with Crippen molar-refractivity contribution in [2.24, 2.45) is 0 Å². The summed E-state index contributed by atoms with van der Waals surface area (Å²) in [6.07, 6.45) is 1.53. The normalized spacial score (nSPS) is 14.2. The SMILES string of the molecule is O=C(O)c1csc(-n2nc(-c3ccc(CCNS(=O)(=O)C4CC4)c(F)c3)cc2O)n1. The third-order valence-electron chi connectivity index (χ3n) is 4.59. The van der Waals surface area contributed by atoms with Crippen molar-refractivity contribution in [2.45, 2.75) is 24.5 Å². The van der Waals surface area contributed by atoms with Crippen LogP contribution in [0.25, 0.3) is 16.4 Å². The number of nitrogens with one attached hydrogen (secondary N) is 1. The number of rotatable bonds is 8. The number of benzene rings is 1. The first-order valence-corrected chi connectivity index (χ1v) is 11.4. The number of aromatic nitrogens is 3. The molecule has 1 fully saturated rings. The van der Waals surface area contributed by atoms with Crippen LogP contribution >= 0.6 is 11.3 Å². The van der Waals surface area contributed by atoms with E-state index < -0.39 is 21.8 Å². The predicted molar refractivity (Wildman–Crippen MR) is 107 cm³/mol. The minimum Gasteiger partial charge on any atom is -0.493 e. The van der Waals surface area contributed by atoms with Crippen molar-refractivity contribution in [1.82, 2.24) is 19.5 Å². The molecule has 1 aliphatic rings. The monoisotopic (exact) mass is 452 g/mol. The molecule has 1 aliphatic carbocycles. The first kappa shape index (κ1) is 20.4. The molecule has 158 valence electrons. The molecule has 0 radical (unpaired) electrons. The molecule has 0 aliphatic heterocycles. The van der Waals surface area contributed by atoms with Crippen molar-refractivity contribution in [3.8, 4) is 22.3 Å². The van der Waals surface area contributed by atoms with Crippen LogP contribution in [0.2, 0.25) is 0 Å². The van der Waals surface area contributed by atoms with Gasteiger partial charge in [-0.1, -0.05) is 12.1 Å². The van der Waals surface area contributed by atoms with Gasteiger partial charge in [0.05, 0.1) is 10.9 Å². The van der Waals surface area contributed by atoms with Crippen LogP contribution in [0, 0.1) is 5.82 Å². The number of carboxylic acid groups (broad SMARTS) is 1. The number of nitrogens with zero attached hydrogens (tertiary/aromatic N) is 3. The Morgan fingerprint density at radius 1 is 1.33 bits per heavy atom. The zero-order valence-electron chi connectivity index (χ0n) is 15.4. The van der Waals surface area contributed by atoms with E-state index in [1.165, 1.54) is 23.6 Å². The maximum absolute atomic E-state index is 14.5. The lowest BCUT2D eigenvalue weighted by molar-refractivity contribution is 0.0691. The summed E-state index contributed by atoms with van der Waals surface area (Å²) in [6.45, 7) is 0.112. The molecule has 1 saturated carbocycles. The van der Waals surface area contributed by atoms with Crippen LogP contribution in [0.15, 0.2) is 29.6 Å². The van der Waals surface area contributed by atoms with E-state index in [1.807, 2.05) is 0 Å². The standard InChI is InChI=1S/C18H17FN4O5S2/c19-13-7-11(2-1-10(13)5-6-20-30(27,28)12-3-4-12)14-8-16(24)23(22-14)18-21-15(9-29-18)17(25)26/h1-2,7-9,12,20,24H,3-6H2,(H,25,26). The summed E-state index contributed by atoms with van der Waals surface area (Å²) >= 11 is 0.995. The molecule has 4 rings (SSSR count). The van der Waals surface area contributed by atoms with Crippen molar-refractivity contribution in [3.63, 3.8) is 0 Å². The van der Waals surface area contributed by atoms with E-state index in [9.17, 15) is 22.7 Å². The summed E-state index contributed by atoms with van der Waals surface area (Å²) in [5.74, 6) is -1.98. The number of carboxylic acids is 1. The first-order valence-electron chi connectivity index (χ1n) is 9.00. The number of halogens is 1. The van der Waals surface area contributed by atoms with E-state index in [0.29, 0.717) is 24.0 Å². The number of hydrogen-bond donors (Lipinski definition) is 3. The van der Waals surface area contributed by atoms with Gasteiger partial charge in [0, 0.05) is 23.6 Å². The maximum Gasteiger partial charge on any atom is 0.355 e. The molecule has 3 N–H and O–H groups in total.